The molecule has 0 aliphatic carbocycles. The van der Waals surface area contributed by atoms with E-state index in [4.69, 9.17) is 11.5 Å². The van der Waals surface area contributed by atoms with Gasteiger partial charge in [-0.15, -0.1) is 48.8 Å². The van der Waals surface area contributed by atoms with Gasteiger partial charge in [0.05, 0.1) is 8.47 Å². The van der Waals surface area contributed by atoms with Crippen molar-refractivity contribution in [2.24, 2.45) is 11.5 Å². The van der Waals surface area contributed by atoms with Crippen LogP contribution in [0.25, 0.3) is 0 Å². The molecule has 0 aromatic heterocycles. The summed E-state index contributed by atoms with van der Waals surface area (Å²) in [6.45, 7) is 0. The van der Waals surface area contributed by atoms with Gasteiger partial charge in [-0.05, 0) is 0 Å². The van der Waals surface area contributed by atoms with Gasteiger partial charge in [0, 0.05) is 24.3 Å². The maximum Gasteiger partial charge on any atom is 0.218 e. The Morgan fingerprint density at radius 1 is 0.875 bits per heavy atom. The number of thioether (sulfide) groups is 2. The van der Waals surface area contributed by atoms with Crippen LogP contribution in [-0.2, 0) is 9.59 Å². The summed E-state index contributed by atoms with van der Waals surface area (Å²) < 4.78 is 1.44. The second-order valence-corrected chi connectivity index (χ2v) is 6.45. The first-order chi connectivity index (χ1) is 7.43. The molecule has 0 heterocycles. The molecule has 0 spiro atoms. The van der Waals surface area contributed by atoms with Gasteiger partial charge in [0.25, 0.3) is 0 Å². The minimum absolute atomic E-state index is 0.307. The number of amides is 2. The predicted octanol–water partition coefficient (Wildman–Crippen LogP) is 1.19. The monoisotopic (exact) mass is 298 g/mol. The van der Waals surface area contributed by atoms with Crippen molar-refractivity contribution in [1.29, 1.82) is 0 Å². The minimum Gasteiger partial charge on any atom is -0.370 e. The Kier molecular flexibility index (Phi) is 9.19. The van der Waals surface area contributed by atoms with Gasteiger partial charge in [-0.1, -0.05) is 0 Å². The lowest BCUT2D eigenvalue weighted by molar-refractivity contribution is -0.118. The van der Waals surface area contributed by atoms with Crippen LogP contribution in [0.1, 0.15) is 12.8 Å². The quantitative estimate of drug-likeness (QED) is 0.507. The zero-order valence-electron chi connectivity index (χ0n) is 8.51. The van der Waals surface area contributed by atoms with E-state index in [9.17, 15) is 9.59 Å². The molecule has 0 bridgehead atoms. The van der Waals surface area contributed by atoms with Crippen molar-refractivity contribution in [3.05, 3.63) is 8.47 Å². The number of hydrogen-bond acceptors (Lipinski definition) is 6. The van der Waals surface area contributed by atoms with Crippen molar-refractivity contribution >= 4 is 60.6 Å². The molecule has 0 aliphatic heterocycles. The van der Waals surface area contributed by atoms with Crippen LogP contribution in [0, 0.1) is 0 Å². The van der Waals surface area contributed by atoms with E-state index in [2.05, 4.69) is 25.3 Å². The van der Waals surface area contributed by atoms with Gasteiger partial charge in [-0.25, -0.2) is 0 Å². The third kappa shape index (κ3) is 9.32. The van der Waals surface area contributed by atoms with Crippen molar-refractivity contribution < 1.29 is 9.59 Å². The highest BCUT2D eigenvalue weighted by Crippen LogP contribution is 2.33. The maximum atomic E-state index is 10.5. The van der Waals surface area contributed by atoms with E-state index in [0.29, 0.717) is 24.3 Å². The van der Waals surface area contributed by atoms with Crippen LogP contribution in [0.3, 0.4) is 0 Å². The second kappa shape index (κ2) is 9.15. The van der Waals surface area contributed by atoms with E-state index >= 15 is 0 Å². The molecule has 0 saturated carbocycles. The number of hydrogen-bond donors (Lipinski definition) is 4. The molecule has 0 aromatic carbocycles. The Morgan fingerprint density at radius 2 is 1.19 bits per heavy atom. The highest BCUT2D eigenvalue weighted by molar-refractivity contribution is 8.21. The average Bonchev–Trinajstić information content (AvgIpc) is 2.16. The number of rotatable bonds is 8. The topological polar surface area (TPSA) is 86.2 Å². The molecule has 8 heteroatoms. The molecule has 0 unspecified atom stereocenters. The highest BCUT2D eigenvalue weighted by Gasteiger charge is 2.03. The summed E-state index contributed by atoms with van der Waals surface area (Å²) >= 11 is 11.3. The molecule has 0 atom stereocenters. The van der Waals surface area contributed by atoms with Crippen LogP contribution in [0.2, 0.25) is 0 Å². The lowest BCUT2D eigenvalue weighted by Crippen LogP contribution is -2.11. The standard InChI is InChI=1S/C8H14N2O2S4/c9-5(11)1-3-15-7(13)8(14)16-4-2-6(10)12/h13-14H,1-4H2,(H2,9,11)(H2,10,12)/b8-7-. The molecule has 0 saturated heterocycles. The maximum absolute atomic E-state index is 10.5. The van der Waals surface area contributed by atoms with E-state index < -0.39 is 0 Å². The molecule has 4 N–H and O–H groups in total. The van der Waals surface area contributed by atoms with Crippen molar-refractivity contribution in [3.63, 3.8) is 0 Å². The highest BCUT2D eigenvalue weighted by atomic mass is 32.2. The van der Waals surface area contributed by atoms with Gasteiger partial charge in [-0.2, -0.15) is 0 Å². The number of carbonyl (C=O) groups is 2. The molecule has 0 aromatic rings. The molecule has 92 valence electrons. The SMILES string of the molecule is NC(=O)CCS/C(S)=C(/S)SCCC(N)=O. The van der Waals surface area contributed by atoms with Crippen molar-refractivity contribution in [1.82, 2.24) is 0 Å². The summed E-state index contributed by atoms with van der Waals surface area (Å²) in [4.78, 5) is 21.0. The van der Waals surface area contributed by atoms with Gasteiger partial charge in [0.1, 0.15) is 0 Å². The van der Waals surface area contributed by atoms with Gasteiger partial charge < -0.3 is 11.5 Å². The number of carbonyl (C=O) groups excluding carboxylic acids is 2. The normalized spacial score (nSPS) is 12.1. The van der Waals surface area contributed by atoms with Gasteiger partial charge in [-0.3, -0.25) is 9.59 Å². The third-order valence-electron chi connectivity index (χ3n) is 1.36. The molecule has 4 nitrogen and oxygen atoms in total. The average molecular weight is 298 g/mol. The number of thiol groups is 2. The first-order valence-electron chi connectivity index (χ1n) is 4.38. The fourth-order valence-electron chi connectivity index (χ4n) is 0.620. The second-order valence-electron chi connectivity index (χ2n) is 2.74. The minimum atomic E-state index is -0.337. The number of nitrogens with two attached hydrogens (primary N) is 2. The van der Waals surface area contributed by atoms with Crippen LogP contribution < -0.4 is 11.5 Å². The van der Waals surface area contributed by atoms with E-state index in [0.717, 1.165) is 8.47 Å². The van der Waals surface area contributed by atoms with Crippen molar-refractivity contribution in [3.8, 4) is 0 Å². The first-order valence-corrected chi connectivity index (χ1v) is 7.24. The van der Waals surface area contributed by atoms with Crippen LogP contribution in [-0.4, -0.2) is 23.3 Å². The molecule has 0 rings (SSSR count). The van der Waals surface area contributed by atoms with E-state index in [1.807, 2.05) is 0 Å². The summed E-state index contributed by atoms with van der Waals surface area (Å²) in [7, 11) is 0. The zero-order chi connectivity index (χ0) is 12.6. The Bertz CT molecular complexity index is 266. The van der Waals surface area contributed by atoms with Crippen molar-refractivity contribution in [2.75, 3.05) is 11.5 Å². The summed E-state index contributed by atoms with van der Waals surface area (Å²) in [5.41, 5.74) is 10.00. The van der Waals surface area contributed by atoms with Crippen LogP contribution in [0.4, 0.5) is 0 Å². The number of primary amides is 2. The lowest BCUT2D eigenvalue weighted by Gasteiger charge is -2.04. The van der Waals surface area contributed by atoms with Crippen LogP contribution in [0.5, 0.6) is 0 Å². The zero-order valence-corrected chi connectivity index (χ0v) is 11.9. The first kappa shape index (κ1) is 16.1. The Balaban J connectivity index is 3.85. The Morgan fingerprint density at radius 3 is 1.44 bits per heavy atom. The molecular formula is C8H14N2O2S4. The van der Waals surface area contributed by atoms with E-state index in [-0.39, 0.29) is 11.8 Å². The third-order valence-corrected chi connectivity index (χ3v) is 4.96. The lowest BCUT2D eigenvalue weighted by atomic mass is 10.5. The largest absolute Gasteiger partial charge is 0.370 e. The predicted molar refractivity (Wildman–Crippen MR) is 77.5 cm³/mol. The fourth-order valence-corrected chi connectivity index (χ4v) is 3.15. The van der Waals surface area contributed by atoms with Gasteiger partial charge >= 0.3 is 0 Å². The summed E-state index contributed by atoms with van der Waals surface area (Å²) in [6.07, 6.45) is 0.615. The summed E-state index contributed by atoms with van der Waals surface area (Å²) in [6, 6.07) is 0. The van der Waals surface area contributed by atoms with E-state index in [1.54, 1.807) is 0 Å². The van der Waals surface area contributed by atoms with E-state index in [1.165, 1.54) is 23.5 Å². The molecule has 0 aliphatic rings. The molecule has 16 heavy (non-hydrogen) atoms. The molecular weight excluding hydrogens is 284 g/mol. The van der Waals surface area contributed by atoms with Gasteiger partial charge in [0.2, 0.25) is 11.8 Å². The molecule has 0 fully saturated rings. The summed E-state index contributed by atoms with van der Waals surface area (Å²) in [5, 5.41) is 0. The molecule has 2 amide bonds. The Labute approximate surface area is 114 Å². The van der Waals surface area contributed by atoms with Gasteiger partial charge in [0.15, 0.2) is 0 Å². The summed E-state index contributed by atoms with van der Waals surface area (Å²) in [5.74, 6) is 0.481. The molecule has 0 radical (unpaired) electrons. The van der Waals surface area contributed by atoms with Crippen LogP contribution in [0.15, 0.2) is 8.47 Å². The Hall–Kier alpha value is 0.0800. The van der Waals surface area contributed by atoms with Crippen molar-refractivity contribution in [2.45, 2.75) is 12.8 Å². The van der Waals surface area contributed by atoms with Crippen LogP contribution >= 0.6 is 48.8 Å². The smallest absolute Gasteiger partial charge is 0.218 e. The fraction of sp³-hybridized carbons (Fsp3) is 0.500.